The number of hydrogen-bond donors (Lipinski definition) is 1. The molecule has 2 aromatic heterocycles. The highest BCUT2D eigenvalue weighted by atomic mass is 35.5. The summed E-state index contributed by atoms with van der Waals surface area (Å²) in [6, 6.07) is 7.35. The second-order valence-electron chi connectivity index (χ2n) is 6.54. The quantitative estimate of drug-likeness (QED) is 0.758. The molecule has 5 nitrogen and oxygen atoms in total. The summed E-state index contributed by atoms with van der Waals surface area (Å²) in [6.07, 6.45) is 5.61. The number of likely N-dealkylation sites (tertiary alicyclic amines) is 1. The number of H-pyrrole nitrogens is 1. The molecule has 128 valence electrons. The Labute approximate surface area is 151 Å². The summed E-state index contributed by atoms with van der Waals surface area (Å²) in [5.74, 6) is 1.25. The first-order valence-electron chi connectivity index (χ1n) is 8.47. The van der Waals surface area contributed by atoms with Gasteiger partial charge in [0.05, 0.1) is 11.1 Å². The van der Waals surface area contributed by atoms with Gasteiger partial charge in [0, 0.05) is 47.5 Å². The predicted octanol–water partition coefficient (Wildman–Crippen LogP) is 3.94. The second-order valence-corrected chi connectivity index (χ2v) is 6.97. The zero-order chi connectivity index (χ0) is 17.4. The van der Waals surface area contributed by atoms with Crippen molar-refractivity contribution in [1.82, 2.24) is 19.9 Å². The molecule has 1 aliphatic rings. The number of hydrogen-bond acceptors (Lipinski definition) is 3. The van der Waals surface area contributed by atoms with Crippen LogP contribution in [0, 0.1) is 6.92 Å². The number of aromatic amines is 1. The van der Waals surface area contributed by atoms with Gasteiger partial charge in [-0.05, 0) is 44.0 Å². The van der Waals surface area contributed by atoms with Crippen LogP contribution in [-0.2, 0) is 0 Å². The zero-order valence-corrected chi connectivity index (χ0v) is 14.8. The largest absolute Gasteiger partial charge is 0.348 e. The van der Waals surface area contributed by atoms with Gasteiger partial charge in [-0.2, -0.15) is 0 Å². The molecule has 1 amide bonds. The van der Waals surface area contributed by atoms with E-state index < -0.39 is 0 Å². The van der Waals surface area contributed by atoms with E-state index in [1.165, 1.54) is 0 Å². The predicted molar refractivity (Wildman–Crippen MR) is 98.0 cm³/mol. The van der Waals surface area contributed by atoms with Crippen molar-refractivity contribution >= 4 is 28.4 Å². The summed E-state index contributed by atoms with van der Waals surface area (Å²) in [5.41, 5.74) is 2.30. The van der Waals surface area contributed by atoms with Crippen molar-refractivity contribution in [1.29, 1.82) is 0 Å². The van der Waals surface area contributed by atoms with Crippen LogP contribution < -0.4 is 0 Å². The lowest BCUT2D eigenvalue weighted by Gasteiger charge is -2.32. The lowest BCUT2D eigenvalue weighted by Crippen LogP contribution is -2.39. The maximum absolute atomic E-state index is 13.2. The number of amides is 1. The molecule has 1 N–H and O–H groups in total. The van der Waals surface area contributed by atoms with Crippen LogP contribution in [0.4, 0.5) is 0 Å². The summed E-state index contributed by atoms with van der Waals surface area (Å²) >= 11 is 6.15. The first-order valence-corrected chi connectivity index (χ1v) is 8.85. The van der Waals surface area contributed by atoms with Gasteiger partial charge in [-0.25, -0.2) is 4.98 Å². The number of halogens is 1. The fraction of sp³-hybridized carbons (Fsp3) is 0.316. The topological polar surface area (TPSA) is 61.9 Å². The summed E-state index contributed by atoms with van der Waals surface area (Å²) < 4.78 is 0. The van der Waals surface area contributed by atoms with E-state index in [9.17, 15) is 4.79 Å². The molecule has 0 bridgehead atoms. The molecule has 1 fully saturated rings. The van der Waals surface area contributed by atoms with Crippen LogP contribution in [-0.4, -0.2) is 38.8 Å². The number of aryl methyl sites for hydroxylation is 1. The molecule has 1 unspecified atom stereocenters. The van der Waals surface area contributed by atoms with Gasteiger partial charge in [-0.3, -0.25) is 9.78 Å². The molecule has 3 aromatic rings. The molecule has 0 radical (unpaired) electrons. The van der Waals surface area contributed by atoms with E-state index in [4.69, 9.17) is 11.6 Å². The number of nitrogens with zero attached hydrogens (tertiary/aromatic N) is 3. The van der Waals surface area contributed by atoms with Crippen LogP contribution in [0.15, 0.2) is 36.7 Å². The van der Waals surface area contributed by atoms with Gasteiger partial charge in [0.1, 0.15) is 5.82 Å². The number of aromatic nitrogens is 3. The molecule has 1 atom stereocenters. The third-order valence-electron chi connectivity index (χ3n) is 4.74. The second kappa shape index (κ2) is 6.48. The van der Waals surface area contributed by atoms with Gasteiger partial charge < -0.3 is 9.88 Å². The van der Waals surface area contributed by atoms with Gasteiger partial charge in [-0.15, -0.1) is 0 Å². The van der Waals surface area contributed by atoms with E-state index in [-0.39, 0.29) is 11.8 Å². The van der Waals surface area contributed by atoms with Crippen molar-refractivity contribution in [2.24, 2.45) is 0 Å². The van der Waals surface area contributed by atoms with Gasteiger partial charge in [-0.1, -0.05) is 11.6 Å². The van der Waals surface area contributed by atoms with E-state index in [1.54, 1.807) is 12.3 Å². The summed E-state index contributed by atoms with van der Waals surface area (Å²) in [5, 5.41) is 1.42. The van der Waals surface area contributed by atoms with E-state index in [0.717, 1.165) is 41.8 Å². The Morgan fingerprint density at radius 3 is 3.04 bits per heavy atom. The van der Waals surface area contributed by atoms with Crippen molar-refractivity contribution in [2.75, 3.05) is 13.1 Å². The summed E-state index contributed by atoms with van der Waals surface area (Å²) in [4.78, 5) is 27.2. The van der Waals surface area contributed by atoms with Gasteiger partial charge in [0.2, 0.25) is 0 Å². The lowest BCUT2D eigenvalue weighted by atomic mass is 9.96. The number of carbonyl (C=O) groups excluding carboxylic acids is 1. The lowest BCUT2D eigenvalue weighted by molar-refractivity contribution is 0.0706. The fourth-order valence-electron chi connectivity index (χ4n) is 3.56. The minimum atomic E-state index is 0.0361. The highest BCUT2D eigenvalue weighted by molar-refractivity contribution is 6.31. The Kier molecular flexibility index (Phi) is 4.17. The van der Waals surface area contributed by atoms with Gasteiger partial charge in [0.25, 0.3) is 5.91 Å². The number of piperidine rings is 1. The average Bonchev–Trinajstić information content (AvgIpc) is 3.16. The first-order chi connectivity index (χ1) is 12.1. The van der Waals surface area contributed by atoms with E-state index in [0.29, 0.717) is 17.1 Å². The van der Waals surface area contributed by atoms with E-state index in [2.05, 4.69) is 15.0 Å². The molecular formula is C19H19ClN4O. The smallest absolute Gasteiger partial charge is 0.254 e. The summed E-state index contributed by atoms with van der Waals surface area (Å²) in [7, 11) is 0. The van der Waals surface area contributed by atoms with Crippen LogP contribution in [0.2, 0.25) is 5.02 Å². The zero-order valence-electron chi connectivity index (χ0n) is 14.0. The highest BCUT2D eigenvalue weighted by Gasteiger charge is 2.27. The maximum atomic E-state index is 13.2. The molecule has 4 rings (SSSR count). The van der Waals surface area contributed by atoms with Gasteiger partial charge in [0.15, 0.2) is 0 Å². The number of imidazole rings is 1. The number of benzene rings is 1. The molecule has 1 aliphatic heterocycles. The molecule has 0 saturated carbocycles. The van der Waals surface area contributed by atoms with Crippen LogP contribution in [0.3, 0.4) is 0 Å². The monoisotopic (exact) mass is 354 g/mol. The summed E-state index contributed by atoms with van der Waals surface area (Å²) in [6.45, 7) is 3.35. The first kappa shape index (κ1) is 16.1. The third kappa shape index (κ3) is 3.12. The van der Waals surface area contributed by atoms with Crippen LogP contribution in [0.5, 0.6) is 0 Å². The molecular weight excluding hydrogens is 336 g/mol. The van der Waals surface area contributed by atoms with Crippen molar-refractivity contribution < 1.29 is 4.79 Å². The average molecular weight is 355 g/mol. The fourth-order valence-corrected chi connectivity index (χ4v) is 3.74. The Morgan fingerprint density at radius 1 is 1.36 bits per heavy atom. The van der Waals surface area contributed by atoms with Crippen molar-refractivity contribution in [3.05, 3.63) is 58.8 Å². The number of carbonyl (C=O) groups is 1. The van der Waals surface area contributed by atoms with Crippen LogP contribution in [0.1, 0.15) is 40.6 Å². The van der Waals surface area contributed by atoms with Crippen molar-refractivity contribution in [3.63, 3.8) is 0 Å². The molecule has 3 heterocycles. The molecule has 0 spiro atoms. The molecule has 1 saturated heterocycles. The Morgan fingerprint density at radius 2 is 2.24 bits per heavy atom. The molecule has 6 heteroatoms. The minimum Gasteiger partial charge on any atom is -0.348 e. The normalized spacial score (nSPS) is 17.8. The number of pyridine rings is 1. The minimum absolute atomic E-state index is 0.0361. The molecule has 25 heavy (non-hydrogen) atoms. The number of nitrogens with one attached hydrogen (secondary N) is 1. The van der Waals surface area contributed by atoms with E-state index in [1.807, 2.05) is 36.2 Å². The SMILES string of the molecule is Cc1cc(C(=O)N2CCCC(c3ncc[nH]3)C2)c2cc(Cl)ccc2n1. The van der Waals surface area contributed by atoms with Gasteiger partial charge >= 0.3 is 0 Å². The Hall–Kier alpha value is -2.40. The van der Waals surface area contributed by atoms with Crippen LogP contribution >= 0.6 is 11.6 Å². The highest BCUT2D eigenvalue weighted by Crippen LogP contribution is 2.28. The molecule has 0 aliphatic carbocycles. The van der Waals surface area contributed by atoms with Crippen molar-refractivity contribution in [2.45, 2.75) is 25.7 Å². The third-order valence-corrected chi connectivity index (χ3v) is 4.98. The number of rotatable bonds is 2. The Balaban J connectivity index is 1.68. The number of fused-ring (bicyclic) bond motifs is 1. The maximum Gasteiger partial charge on any atom is 0.254 e. The Bertz CT molecular complexity index is 923. The van der Waals surface area contributed by atoms with Crippen molar-refractivity contribution in [3.8, 4) is 0 Å². The van der Waals surface area contributed by atoms with Crippen LogP contribution in [0.25, 0.3) is 10.9 Å². The van der Waals surface area contributed by atoms with E-state index >= 15 is 0 Å². The molecule has 1 aromatic carbocycles. The standard InChI is InChI=1S/C19H19ClN4O/c1-12-9-16(15-10-14(20)4-5-17(15)23-12)19(25)24-8-2-3-13(11-24)18-21-6-7-22-18/h4-7,9-10,13H,2-3,8,11H2,1H3,(H,21,22).